The number of hydrogen-bond acceptors (Lipinski definition) is 2. The highest BCUT2D eigenvalue weighted by Gasteiger charge is 2.26. The van der Waals surface area contributed by atoms with Crippen molar-refractivity contribution in [3.63, 3.8) is 0 Å². The molecule has 136 valence electrons. The number of carbonyl (C=O) groups is 2. The van der Waals surface area contributed by atoms with E-state index in [1.54, 1.807) is 10.0 Å². The summed E-state index contributed by atoms with van der Waals surface area (Å²) >= 11 is 0. The second-order valence-corrected chi connectivity index (χ2v) is 6.77. The summed E-state index contributed by atoms with van der Waals surface area (Å²) in [6.07, 6.45) is 4.75. The predicted molar refractivity (Wildman–Crippen MR) is 102 cm³/mol. The topological polar surface area (TPSA) is 40.6 Å². The van der Waals surface area contributed by atoms with E-state index < -0.39 is 0 Å². The van der Waals surface area contributed by atoms with Gasteiger partial charge in [0, 0.05) is 13.1 Å². The maximum atomic E-state index is 12.9. The van der Waals surface area contributed by atoms with Gasteiger partial charge in [0.05, 0.1) is 12.8 Å². The van der Waals surface area contributed by atoms with E-state index in [0.29, 0.717) is 25.9 Å². The largest absolute Gasteiger partial charge is 0.273 e. The number of amides is 2. The second kappa shape index (κ2) is 9.18. The van der Waals surface area contributed by atoms with Crippen molar-refractivity contribution in [2.45, 2.75) is 38.5 Å². The van der Waals surface area contributed by atoms with Gasteiger partial charge < -0.3 is 0 Å². The first-order valence-electron chi connectivity index (χ1n) is 9.42. The summed E-state index contributed by atoms with van der Waals surface area (Å²) < 4.78 is 0. The highest BCUT2D eigenvalue weighted by atomic mass is 16.2. The fourth-order valence-corrected chi connectivity index (χ4v) is 3.36. The van der Waals surface area contributed by atoms with Crippen molar-refractivity contribution < 1.29 is 9.59 Å². The van der Waals surface area contributed by atoms with E-state index in [-0.39, 0.29) is 11.8 Å². The zero-order valence-electron chi connectivity index (χ0n) is 15.1. The van der Waals surface area contributed by atoms with Gasteiger partial charge in [-0.3, -0.25) is 19.6 Å². The van der Waals surface area contributed by atoms with Crippen molar-refractivity contribution in [1.29, 1.82) is 0 Å². The van der Waals surface area contributed by atoms with E-state index in [2.05, 4.69) is 0 Å². The highest BCUT2D eigenvalue weighted by Crippen LogP contribution is 2.16. The molecule has 2 amide bonds. The number of benzene rings is 2. The maximum absolute atomic E-state index is 12.9. The summed E-state index contributed by atoms with van der Waals surface area (Å²) in [7, 11) is 0. The zero-order chi connectivity index (χ0) is 18.2. The molecule has 0 unspecified atom stereocenters. The molecule has 1 heterocycles. The number of nitrogens with zero attached hydrogens (tertiary/aromatic N) is 2. The van der Waals surface area contributed by atoms with Gasteiger partial charge in [0.1, 0.15) is 0 Å². The van der Waals surface area contributed by atoms with E-state index in [0.717, 1.165) is 36.8 Å². The molecule has 2 aromatic rings. The first-order chi connectivity index (χ1) is 12.7. The van der Waals surface area contributed by atoms with E-state index in [9.17, 15) is 9.59 Å². The molecule has 3 rings (SSSR count). The summed E-state index contributed by atoms with van der Waals surface area (Å²) in [6, 6.07) is 19.5. The Morgan fingerprint density at radius 1 is 0.615 bits per heavy atom. The molecule has 1 aliphatic heterocycles. The Morgan fingerprint density at radius 3 is 1.38 bits per heavy atom. The van der Waals surface area contributed by atoms with E-state index in [1.807, 2.05) is 60.7 Å². The predicted octanol–water partition coefficient (Wildman–Crippen LogP) is 3.62. The van der Waals surface area contributed by atoms with Crippen LogP contribution in [0, 0.1) is 0 Å². The molecular formula is C22H26N2O2. The van der Waals surface area contributed by atoms with Crippen molar-refractivity contribution in [1.82, 2.24) is 10.0 Å². The quantitative estimate of drug-likeness (QED) is 0.845. The lowest BCUT2D eigenvalue weighted by Crippen LogP contribution is -2.52. The van der Waals surface area contributed by atoms with E-state index in [1.165, 1.54) is 0 Å². The summed E-state index contributed by atoms with van der Waals surface area (Å²) in [6.45, 7) is 1.23. The van der Waals surface area contributed by atoms with Crippen molar-refractivity contribution in [3.05, 3.63) is 71.8 Å². The SMILES string of the molecule is O=C(Cc1ccccc1)N1CCCCCCN1C(=O)Cc1ccccc1. The van der Waals surface area contributed by atoms with Crippen LogP contribution >= 0.6 is 0 Å². The van der Waals surface area contributed by atoms with Crippen LogP contribution in [0.5, 0.6) is 0 Å². The summed E-state index contributed by atoms with van der Waals surface area (Å²) in [5, 5.41) is 3.38. The van der Waals surface area contributed by atoms with Crippen LogP contribution in [0.2, 0.25) is 0 Å². The summed E-state index contributed by atoms with van der Waals surface area (Å²) in [4.78, 5) is 25.9. The molecule has 1 fully saturated rings. The molecule has 4 heteroatoms. The molecule has 2 aromatic carbocycles. The van der Waals surface area contributed by atoms with Crippen LogP contribution < -0.4 is 0 Å². The Hall–Kier alpha value is -2.62. The van der Waals surface area contributed by atoms with Crippen molar-refractivity contribution in [2.24, 2.45) is 0 Å². The molecule has 1 aliphatic rings. The molecule has 0 atom stereocenters. The van der Waals surface area contributed by atoms with Gasteiger partial charge >= 0.3 is 0 Å². The third kappa shape index (κ3) is 4.94. The Kier molecular flexibility index (Phi) is 6.42. The van der Waals surface area contributed by atoms with Gasteiger partial charge in [-0.2, -0.15) is 0 Å². The van der Waals surface area contributed by atoms with Crippen LogP contribution in [-0.4, -0.2) is 34.9 Å². The van der Waals surface area contributed by atoms with Crippen molar-refractivity contribution >= 4 is 11.8 Å². The zero-order valence-corrected chi connectivity index (χ0v) is 15.1. The average molecular weight is 350 g/mol. The minimum Gasteiger partial charge on any atom is -0.273 e. The van der Waals surface area contributed by atoms with Gasteiger partial charge in [0.15, 0.2) is 0 Å². The third-order valence-corrected chi connectivity index (χ3v) is 4.75. The van der Waals surface area contributed by atoms with E-state index in [4.69, 9.17) is 0 Å². The lowest BCUT2D eigenvalue weighted by Gasteiger charge is -2.36. The average Bonchev–Trinajstić information content (AvgIpc) is 2.63. The molecule has 26 heavy (non-hydrogen) atoms. The Balaban J connectivity index is 1.74. The van der Waals surface area contributed by atoms with Crippen LogP contribution in [0.25, 0.3) is 0 Å². The molecule has 0 N–H and O–H groups in total. The molecule has 4 nitrogen and oxygen atoms in total. The van der Waals surface area contributed by atoms with Gasteiger partial charge in [-0.15, -0.1) is 0 Å². The standard InChI is InChI=1S/C22H26N2O2/c25-21(17-19-11-5-3-6-12-19)23-15-9-1-2-10-16-24(23)22(26)18-20-13-7-4-8-14-20/h3-8,11-14H,1-2,9-10,15-18H2. The minimum atomic E-state index is -0.000452. The summed E-state index contributed by atoms with van der Waals surface area (Å²) in [5.41, 5.74) is 1.96. The lowest BCUT2D eigenvalue weighted by molar-refractivity contribution is -0.164. The molecule has 0 aliphatic carbocycles. The molecule has 0 bridgehead atoms. The Morgan fingerprint density at radius 2 is 1.00 bits per heavy atom. The van der Waals surface area contributed by atoms with Gasteiger partial charge in [-0.1, -0.05) is 73.5 Å². The smallest absolute Gasteiger partial charge is 0.245 e. The lowest BCUT2D eigenvalue weighted by atomic mass is 10.1. The van der Waals surface area contributed by atoms with Gasteiger partial charge in [-0.25, -0.2) is 0 Å². The van der Waals surface area contributed by atoms with Crippen molar-refractivity contribution in [3.8, 4) is 0 Å². The molecule has 0 radical (unpaired) electrons. The Labute approximate surface area is 155 Å². The second-order valence-electron chi connectivity index (χ2n) is 6.77. The fraction of sp³-hybridized carbons (Fsp3) is 0.364. The monoisotopic (exact) mass is 350 g/mol. The van der Waals surface area contributed by atoms with Gasteiger partial charge in [0.25, 0.3) is 0 Å². The summed E-state index contributed by atoms with van der Waals surface area (Å²) in [5.74, 6) is -0.000904. The normalized spacial score (nSPS) is 15.2. The van der Waals surface area contributed by atoms with Crippen LogP contribution in [0.15, 0.2) is 60.7 Å². The maximum Gasteiger partial charge on any atom is 0.245 e. The first kappa shape index (κ1) is 18.2. The highest BCUT2D eigenvalue weighted by molar-refractivity contribution is 5.84. The molecule has 1 saturated heterocycles. The molecule has 0 saturated carbocycles. The van der Waals surface area contributed by atoms with Crippen LogP contribution in [0.1, 0.15) is 36.8 Å². The number of rotatable bonds is 4. The van der Waals surface area contributed by atoms with Crippen LogP contribution in [0.3, 0.4) is 0 Å². The fourth-order valence-electron chi connectivity index (χ4n) is 3.36. The van der Waals surface area contributed by atoms with Gasteiger partial charge in [-0.05, 0) is 24.0 Å². The molecular weight excluding hydrogens is 324 g/mol. The number of hydrazine groups is 1. The third-order valence-electron chi connectivity index (χ3n) is 4.75. The van der Waals surface area contributed by atoms with Gasteiger partial charge in [0.2, 0.25) is 11.8 Å². The van der Waals surface area contributed by atoms with Crippen molar-refractivity contribution in [2.75, 3.05) is 13.1 Å². The molecule has 0 spiro atoms. The molecule has 0 aromatic heterocycles. The minimum absolute atomic E-state index is 0.000452. The van der Waals surface area contributed by atoms with Crippen LogP contribution in [-0.2, 0) is 22.4 Å². The van der Waals surface area contributed by atoms with E-state index >= 15 is 0 Å². The number of hydrogen-bond donors (Lipinski definition) is 0. The first-order valence-corrected chi connectivity index (χ1v) is 9.42. The van der Waals surface area contributed by atoms with Crippen LogP contribution in [0.4, 0.5) is 0 Å². The number of carbonyl (C=O) groups excluding carboxylic acids is 2. The Bertz CT molecular complexity index is 652.